The van der Waals surface area contributed by atoms with Gasteiger partial charge in [-0.2, -0.15) is 5.26 Å². The van der Waals surface area contributed by atoms with Crippen molar-refractivity contribution < 1.29 is 14.3 Å². The lowest BCUT2D eigenvalue weighted by Crippen LogP contribution is -2.08. The van der Waals surface area contributed by atoms with E-state index in [1.807, 2.05) is 31.4 Å². The summed E-state index contributed by atoms with van der Waals surface area (Å²) in [6, 6.07) is 8.32. The fourth-order valence-electron chi connectivity index (χ4n) is 3.30. The van der Waals surface area contributed by atoms with Crippen LogP contribution in [0.15, 0.2) is 29.8 Å². The van der Waals surface area contributed by atoms with E-state index < -0.39 is 5.97 Å². The second kappa shape index (κ2) is 9.90. The van der Waals surface area contributed by atoms with Crippen LogP contribution in [-0.4, -0.2) is 23.3 Å². The van der Waals surface area contributed by atoms with Gasteiger partial charge in [0.15, 0.2) is 5.78 Å². The number of Topliss-reactive ketones (excluding diaryl/α,β-unsaturated/α-hetero) is 1. The van der Waals surface area contributed by atoms with Crippen molar-refractivity contribution in [3.63, 3.8) is 0 Å². The number of anilines is 1. The van der Waals surface area contributed by atoms with Crippen LogP contribution in [0.25, 0.3) is 16.8 Å². The number of aromatic nitrogens is 1. The van der Waals surface area contributed by atoms with E-state index in [9.17, 15) is 14.9 Å². The molecule has 0 radical (unpaired) electrons. The molecule has 0 amide bonds. The minimum Gasteiger partial charge on any atom is -0.462 e. The Morgan fingerprint density at radius 3 is 2.66 bits per heavy atom. The molecule has 2 aromatic heterocycles. The number of carbonyl (C=O) groups excluding carboxylic acids is 2. The smallest absolute Gasteiger partial charge is 0.341 e. The Bertz CT molecular complexity index is 1260. The summed E-state index contributed by atoms with van der Waals surface area (Å²) in [5.41, 5.74) is 5.34. The average molecular weight is 466 g/mol. The molecule has 3 aromatic rings. The highest BCUT2D eigenvalue weighted by Crippen LogP contribution is 2.35. The predicted molar refractivity (Wildman–Crippen MR) is 129 cm³/mol. The Balaban J connectivity index is 1.94. The van der Waals surface area contributed by atoms with E-state index >= 15 is 0 Å². The minimum atomic E-state index is -0.505. The Morgan fingerprint density at radius 2 is 2.03 bits per heavy atom. The summed E-state index contributed by atoms with van der Waals surface area (Å²) in [6.45, 7) is 9.20. The van der Waals surface area contributed by atoms with Crippen molar-refractivity contribution in [2.24, 2.45) is 0 Å². The van der Waals surface area contributed by atoms with Gasteiger partial charge < -0.3 is 10.1 Å². The van der Waals surface area contributed by atoms with Crippen LogP contribution in [0.3, 0.4) is 0 Å². The zero-order chi connectivity index (χ0) is 23.4. The number of nitrogens with one attached hydrogen (secondary N) is 1. The molecule has 0 aliphatic carbocycles. The molecule has 0 aliphatic rings. The Morgan fingerprint density at radius 1 is 1.28 bits per heavy atom. The molecule has 0 unspecified atom stereocenters. The molecule has 0 saturated heterocycles. The number of ether oxygens (including phenoxy) is 1. The number of nitriles is 1. The lowest BCUT2D eigenvalue weighted by Gasteiger charge is -2.05. The zero-order valence-corrected chi connectivity index (χ0v) is 20.2. The Kier molecular flexibility index (Phi) is 7.23. The van der Waals surface area contributed by atoms with Crippen LogP contribution in [0.1, 0.15) is 55.6 Å². The molecule has 0 spiro atoms. The first-order valence-corrected chi connectivity index (χ1v) is 11.7. The number of thiophene rings is 1. The highest BCUT2D eigenvalue weighted by atomic mass is 32.1. The number of carbonyl (C=O) groups is 2. The summed E-state index contributed by atoms with van der Waals surface area (Å²) in [6.07, 6.45) is 1.52. The van der Waals surface area contributed by atoms with Gasteiger partial charge >= 0.3 is 5.97 Å². The minimum absolute atomic E-state index is 0.131. The van der Waals surface area contributed by atoms with Crippen LogP contribution in [0.4, 0.5) is 5.00 Å². The van der Waals surface area contributed by atoms with Gasteiger partial charge in [0.05, 0.1) is 22.7 Å². The van der Waals surface area contributed by atoms with Gasteiger partial charge in [0.25, 0.3) is 0 Å². The normalized spacial score (nSPS) is 11.2. The first-order chi connectivity index (χ1) is 15.3. The van der Waals surface area contributed by atoms with E-state index in [0.29, 0.717) is 31.6 Å². The van der Waals surface area contributed by atoms with E-state index in [1.54, 1.807) is 13.8 Å². The molecule has 2 heterocycles. The molecule has 0 aliphatic heterocycles. The first-order valence-electron chi connectivity index (χ1n) is 9.98. The summed E-state index contributed by atoms with van der Waals surface area (Å²) in [5.74, 6) is -0.636. The molecule has 0 atom stereocenters. The van der Waals surface area contributed by atoms with Crippen molar-refractivity contribution in [3.8, 4) is 17.3 Å². The van der Waals surface area contributed by atoms with Crippen LogP contribution >= 0.6 is 22.7 Å². The number of thiazole rings is 1. The van der Waals surface area contributed by atoms with E-state index in [4.69, 9.17) is 4.74 Å². The van der Waals surface area contributed by atoms with Gasteiger partial charge in [-0.05, 0) is 45.7 Å². The van der Waals surface area contributed by atoms with Crippen molar-refractivity contribution in [2.75, 3.05) is 11.9 Å². The number of esters is 1. The number of aryl methyl sites for hydroxylation is 2. The summed E-state index contributed by atoms with van der Waals surface area (Å²) in [5, 5.41) is 15.7. The number of nitrogens with zero attached hydrogens (tertiary/aromatic N) is 2. The van der Waals surface area contributed by atoms with Gasteiger partial charge in [-0.1, -0.05) is 23.8 Å². The van der Waals surface area contributed by atoms with Crippen LogP contribution < -0.4 is 5.32 Å². The maximum absolute atomic E-state index is 12.5. The zero-order valence-electron chi connectivity index (χ0n) is 18.5. The van der Waals surface area contributed by atoms with Gasteiger partial charge in [0.1, 0.15) is 21.7 Å². The van der Waals surface area contributed by atoms with Crippen molar-refractivity contribution in [2.45, 2.75) is 34.6 Å². The largest absolute Gasteiger partial charge is 0.462 e. The van der Waals surface area contributed by atoms with E-state index in [-0.39, 0.29) is 12.4 Å². The fraction of sp³-hybridized carbons (Fsp3) is 0.250. The van der Waals surface area contributed by atoms with Gasteiger partial charge in [0.2, 0.25) is 0 Å². The molecule has 3 rings (SSSR count). The third-order valence-electron chi connectivity index (χ3n) is 4.81. The molecule has 164 valence electrons. The van der Waals surface area contributed by atoms with Crippen molar-refractivity contribution >= 4 is 45.0 Å². The van der Waals surface area contributed by atoms with Gasteiger partial charge in [-0.3, -0.25) is 4.79 Å². The summed E-state index contributed by atoms with van der Waals surface area (Å²) >= 11 is 2.54. The molecule has 1 N–H and O–H groups in total. The topological polar surface area (TPSA) is 92.1 Å². The highest BCUT2D eigenvalue weighted by molar-refractivity contribution is 7.18. The van der Waals surface area contributed by atoms with Gasteiger partial charge in [-0.25, -0.2) is 9.78 Å². The lowest BCUT2D eigenvalue weighted by atomic mass is 10.0. The van der Waals surface area contributed by atoms with Crippen LogP contribution in [0.5, 0.6) is 0 Å². The number of benzene rings is 1. The third kappa shape index (κ3) is 4.79. The fourth-order valence-corrected chi connectivity index (χ4v) is 5.15. The molecule has 6 nitrogen and oxygen atoms in total. The van der Waals surface area contributed by atoms with E-state index in [1.165, 1.54) is 41.4 Å². The number of ketones is 1. The first kappa shape index (κ1) is 23.4. The van der Waals surface area contributed by atoms with Crippen LogP contribution in [0, 0.1) is 32.1 Å². The Hall–Kier alpha value is -3.28. The highest BCUT2D eigenvalue weighted by Gasteiger charge is 2.24. The van der Waals surface area contributed by atoms with Crippen molar-refractivity contribution in [1.29, 1.82) is 5.26 Å². The van der Waals surface area contributed by atoms with Crippen molar-refractivity contribution in [1.82, 2.24) is 4.98 Å². The van der Waals surface area contributed by atoms with Crippen LogP contribution in [-0.2, 0) is 4.74 Å². The van der Waals surface area contributed by atoms with Crippen molar-refractivity contribution in [3.05, 3.63) is 61.9 Å². The van der Waals surface area contributed by atoms with E-state index in [0.717, 1.165) is 16.8 Å². The molecule has 8 heteroatoms. The number of allylic oxidation sites excluding steroid dienone is 1. The quantitative estimate of drug-likeness (QED) is 0.255. The number of rotatable bonds is 7. The van der Waals surface area contributed by atoms with E-state index in [2.05, 4.69) is 22.4 Å². The second-order valence-corrected chi connectivity index (χ2v) is 9.09. The second-order valence-electron chi connectivity index (χ2n) is 7.21. The molecule has 0 bridgehead atoms. The molecular weight excluding hydrogens is 442 g/mol. The van der Waals surface area contributed by atoms with Crippen LogP contribution in [0.2, 0.25) is 0 Å². The lowest BCUT2D eigenvalue weighted by molar-refractivity contribution is 0.0527. The molecule has 32 heavy (non-hydrogen) atoms. The predicted octanol–water partition coefficient (Wildman–Crippen LogP) is 6.15. The maximum atomic E-state index is 12.5. The average Bonchev–Trinajstić information content (AvgIpc) is 3.34. The molecular formula is C24H23N3O3S2. The summed E-state index contributed by atoms with van der Waals surface area (Å²) < 4.78 is 5.15. The van der Waals surface area contributed by atoms with Gasteiger partial charge in [-0.15, -0.1) is 22.7 Å². The number of hydrogen-bond acceptors (Lipinski definition) is 8. The monoisotopic (exact) mass is 465 g/mol. The molecule has 0 fully saturated rings. The number of hydrogen-bond donors (Lipinski definition) is 1. The standard InChI is InChI=1S/C24H23N3O3S2/c1-6-30-24(29)20-15(4)21(16(5)28)32-23(20)26-11-17(10-25)22-27-19(12-31-22)18-8-7-13(2)9-14(18)3/h7-9,11-12,26H,6H2,1-5H3. The van der Waals surface area contributed by atoms with Gasteiger partial charge in [0, 0.05) is 17.1 Å². The maximum Gasteiger partial charge on any atom is 0.341 e. The summed E-state index contributed by atoms with van der Waals surface area (Å²) in [7, 11) is 0. The SMILES string of the molecule is CCOC(=O)c1c(NC=C(C#N)c2nc(-c3ccc(C)cc3C)cs2)sc(C(C)=O)c1C. The third-order valence-corrected chi connectivity index (χ3v) is 7.01. The Labute approximate surface area is 195 Å². The molecule has 1 aromatic carbocycles. The summed E-state index contributed by atoms with van der Waals surface area (Å²) in [4.78, 5) is 29.5. The molecule has 0 saturated carbocycles.